The largest absolute Gasteiger partial charge is 0.465 e. The van der Waals surface area contributed by atoms with Crippen LogP contribution in [0.3, 0.4) is 0 Å². The number of thiazole rings is 1. The Bertz CT molecular complexity index is 1380. The fraction of sp³-hybridized carbons (Fsp3) is 0.629. The number of amides is 4. The lowest BCUT2D eigenvalue weighted by Crippen LogP contribution is -2.57. The van der Waals surface area contributed by atoms with Gasteiger partial charge in [0.2, 0.25) is 17.7 Å². The Morgan fingerprint density at radius 1 is 1.06 bits per heavy atom. The van der Waals surface area contributed by atoms with E-state index in [1.165, 1.54) is 4.90 Å². The van der Waals surface area contributed by atoms with Gasteiger partial charge in [0, 0.05) is 32.5 Å². The minimum atomic E-state index is -0.981. The van der Waals surface area contributed by atoms with Crippen molar-refractivity contribution in [2.45, 2.75) is 97.4 Å². The molecule has 5 N–H and O–H groups in total. The molecule has 1 aromatic heterocycles. The summed E-state index contributed by atoms with van der Waals surface area (Å²) in [6.07, 6.45) is 3.27. The summed E-state index contributed by atoms with van der Waals surface area (Å²) in [4.78, 5) is 60.1. The normalized spacial score (nSPS) is 19.6. The fourth-order valence-electron chi connectivity index (χ4n) is 6.56. The molecule has 2 fully saturated rings. The molecule has 0 bridgehead atoms. The minimum Gasteiger partial charge on any atom is -0.465 e. The van der Waals surface area contributed by atoms with Crippen LogP contribution in [0.15, 0.2) is 29.8 Å². The number of β-amino-alcohol motifs (C(OH)–C–C–N with tert-alkyl or cyclic N) is 1. The van der Waals surface area contributed by atoms with Crippen LogP contribution in [0, 0.1) is 18.3 Å². The molecule has 4 rings (SSSR count). The molecular weight excluding hydrogens is 632 g/mol. The average Bonchev–Trinajstić information content (AvgIpc) is 3.66. The summed E-state index contributed by atoms with van der Waals surface area (Å²) < 4.78 is 0. The number of hydrogen-bond acceptors (Lipinski definition) is 8. The maximum absolute atomic E-state index is 13.9. The first-order valence-electron chi connectivity index (χ1n) is 17.1. The second kappa shape index (κ2) is 17.2. The van der Waals surface area contributed by atoms with E-state index in [4.69, 9.17) is 5.11 Å². The Hall–Kier alpha value is -3.55. The van der Waals surface area contributed by atoms with Crippen LogP contribution < -0.4 is 16.0 Å². The molecule has 1 aromatic carbocycles. The van der Waals surface area contributed by atoms with Gasteiger partial charge in [0.05, 0.1) is 22.2 Å². The van der Waals surface area contributed by atoms with Gasteiger partial charge in [-0.15, -0.1) is 11.3 Å². The van der Waals surface area contributed by atoms with Crippen molar-refractivity contribution in [3.63, 3.8) is 0 Å². The average molecular weight is 685 g/mol. The maximum atomic E-state index is 13.9. The zero-order valence-electron chi connectivity index (χ0n) is 28.7. The third-order valence-electron chi connectivity index (χ3n) is 9.36. The number of carbonyl (C=O) groups excluding carboxylic acids is 3. The summed E-state index contributed by atoms with van der Waals surface area (Å²) in [6, 6.07) is 6.25. The number of aromatic nitrogens is 1. The quantitative estimate of drug-likeness (QED) is 0.188. The molecule has 0 aliphatic carbocycles. The number of carbonyl (C=O) groups is 4. The van der Waals surface area contributed by atoms with E-state index in [2.05, 4.69) is 25.8 Å². The molecule has 0 spiro atoms. The van der Waals surface area contributed by atoms with Gasteiger partial charge in [-0.05, 0) is 81.1 Å². The molecule has 0 radical (unpaired) electrons. The van der Waals surface area contributed by atoms with Gasteiger partial charge in [-0.2, -0.15) is 0 Å². The lowest BCUT2D eigenvalue weighted by Gasteiger charge is -2.35. The molecule has 13 heteroatoms. The fourth-order valence-corrected chi connectivity index (χ4v) is 7.37. The van der Waals surface area contributed by atoms with E-state index in [1.807, 2.05) is 57.5 Å². The monoisotopic (exact) mass is 684 g/mol. The smallest absolute Gasteiger partial charge is 0.404 e. The van der Waals surface area contributed by atoms with Gasteiger partial charge in [0.25, 0.3) is 0 Å². The lowest BCUT2D eigenvalue weighted by molar-refractivity contribution is -0.144. The van der Waals surface area contributed by atoms with Crippen molar-refractivity contribution in [2.75, 3.05) is 32.7 Å². The Balaban J connectivity index is 1.24. The molecular formula is C35H52N6O6S. The Morgan fingerprint density at radius 2 is 1.77 bits per heavy atom. The highest BCUT2D eigenvalue weighted by Gasteiger charge is 2.44. The zero-order valence-corrected chi connectivity index (χ0v) is 29.5. The second-order valence-corrected chi connectivity index (χ2v) is 15.1. The van der Waals surface area contributed by atoms with E-state index in [0.717, 1.165) is 67.0 Å². The van der Waals surface area contributed by atoms with Crippen molar-refractivity contribution < 1.29 is 29.4 Å². The number of rotatable bonds is 14. The summed E-state index contributed by atoms with van der Waals surface area (Å²) >= 11 is 1.58. The summed E-state index contributed by atoms with van der Waals surface area (Å²) in [7, 11) is 0. The SMILES string of the molecule is Cc1ncsc1-c1ccc(CNC(=O)[C@@H]2C[C@@H](O)CN2C(=O)[C@@H](NC(=O)CCCN2CCC(CCCNC(=O)O)CC2)C(C)(C)C)cc1. The van der Waals surface area contributed by atoms with Crippen molar-refractivity contribution in [2.24, 2.45) is 11.3 Å². The van der Waals surface area contributed by atoms with Crippen molar-refractivity contribution in [3.8, 4) is 10.4 Å². The Morgan fingerprint density at radius 3 is 2.40 bits per heavy atom. The first kappa shape index (κ1) is 37.3. The van der Waals surface area contributed by atoms with Crippen molar-refractivity contribution in [1.82, 2.24) is 30.7 Å². The van der Waals surface area contributed by atoms with Crippen LogP contribution in [-0.2, 0) is 20.9 Å². The summed E-state index contributed by atoms with van der Waals surface area (Å²) in [5.74, 6) is -0.305. The number of aryl methyl sites for hydroxylation is 1. The predicted octanol–water partition coefficient (Wildman–Crippen LogP) is 3.77. The summed E-state index contributed by atoms with van der Waals surface area (Å²) in [5.41, 5.74) is 4.17. The number of nitrogens with zero attached hydrogens (tertiary/aromatic N) is 3. The molecule has 12 nitrogen and oxygen atoms in total. The van der Waals surface area contributed by atoms with Crippen molar-refractivity contribution >= 4 is 35.2 Å². The molecule has 264 valence electrons. The number of nitrogens with one attached hydrogen (secondary N) is 3. The van der Waals surface area contributed by atoms with Gasteiger partial charge in [-0.1, -0.05) is 45.0 Å². The topological polar surface area (TPSA) is 164 Å². The number of aliphatic hydroxyl groups is 1. The van der Waals surface area contributed by atoms with Crippen LogP contribution in [0.4, 0.5) is 4.79 Å². The number of likely N-dealkylation sites (tertiary alicyclic amines) is 2. The third-order valence-corrected chi connectivity index (χ3v) is 10.3. The second-order valence-electron chi connectivity index (χ2n) is 14.2. The first-order chi connectivity index (χ1) is 22.8. The number of aliphatic hydroxyl groups excluding tert-OH is 1. The maximum Gasteiger partial charge on any atom is 0.404 e. The predicted molar refractivity (Wildman–Crippen MR) is 185 cm³/mol. The van der Waals surface area contributed by atoms with E-state index >= 15 is 0 Å². The molecule has 2 aromatic rings. The number of benzene rings is 1. The summed E-state index contributed by atoms with van der Waals surface area (Å²) in [5, 5.41) is 27.5. The van der Waals surface area contributed by atoms with Gasteiger partial charge in [-0.25, -0.2) is 9.78 Å². The van der Waals surface area contributed by atoms with Crippen LogP contribution in [0.2, 0.25) is 0 Å². The molecule has 48 heavy (non-hydrogen) atoms. The summed E-state index contributed by atoms with van der Waals surface area (Å²) in [6.45, 7) is 11.2. The number of hydrogen-bond donors (Lipinski definition) is 5. The van der Waals surface area contributed by atoms with E-state index in [1.54, 1.807) is 11.3 Å². The van der Waals surface area contributed by atoms with Crippen molar-refractivity contribution in [3.05, 3.63) is 41.0 Å². The highest BCUT2D eigenvalue weighted by molar-refractivity contribution is 7.13. The van der Waals surface area contributed by atoms with Crippen molar-refractivity contribution in [1.29, 1.82) is 0 Å². The molecule has 0 unspecified atom stereocenters. The van der Waals surface area contributed by atoms with Gasteiger partial charge < -0.3 is 36.0 Å². The van der Waals surface area contributed by atoms with Crippen LogP contribution in [0.25, 0.3) is 10.4 Å². The number of carboxylic acid groups (broad SMARTS) is 1. The molecule has 2 saturated heterocycles. The zero-order chi connectivity index (χ0) is 34.8. The first-order valence-corrected chi connectivity index (χ1v) is 17.9. The molecule has 0 saturated carbocycles. The molecule has 3 heterocycles. The van der Waals surface area contributed by atoms with Gasteiger partial charge in [0.15, 0.2) is 0 Å². The van der Waals surface area contributed by atoms with E-state index in [9.17, 15) is 24.3 Å². The molecule has 3 atom stereocenters. The van der Waals surface area contributed by atoms with E-state index < -0.39 is 29.7 Å². The highest BCUT2D eigenvalue weighted by atomic mass is 32.1. The van der Waals surface area contributed by atoms with E-state index in [-0.39, 0.29) is 43.7 Å². The lowest BCUT2D eigenvalue weighted by atomic mass is 9.85. The Labute approximate surface area is 287 Å². The Kier molecular flexibility index (Phi) is 13.4. The number of piperidine rings is 1. The van der Waals surface area contributed by atoms with Gasteiger partial charge in [-0.3, -0.25) is 14.4 Å². The van der Waals surface area contributed by atoms with Crippen LogP contribution in [0.5, 0.6) is 0 Å². The van der Waals surface area contributed by atoms with Crippen LogP contribution >= 0.6 is 11.3 Å². The molecule has 4 amide bonds. The minimum absolute atomic E-state index is 0.0360. The van der Waals surface area contributed by atoms with Gasteiger partial charge in [0.1, 0.15) is 12.1 Å². The third kappa shape index (κ3) is 10.7. The van der Waals surface area contributed by atoms with Crippen LogP contribution in [0.1, 0.15) is 77.0 Å². The van der Waals surface area contributed by atoms with Crippen LogP contribution in [-0.4, -0.2) is 99.7 Å². The van der Waals surface area contributed by atoms with Gasteiger partial charge >= 0.3 is 6.09 Å². The van der Waals surface area contributed by atoms with E-state index in [0.29, 0.717) is 18.9 Å². The molecule has 2 aliphatic rings. The highest BCUT2D eigenvalue weighted by Crippen LogP contribution is 2.28. The standard InChI is InChI=1S/C35H52N6O6S/c1-23-30(48-22-38-23)26-11-9-25(10-12-26)20-37-32(44)28-19-27(42)21-41(28)33(45)31(35(2,3)4)39-29(43)8-6-16-40-17-13-24(14-18-40)7-5-15-36-34(46)47/h9-12,22,24,27-28,31,36,42H,5-8,13-21H2,1-4H3,(H,37,44)(H,39,43)(H,46,47)/t27-,28+,31-/m1/s1. The molecule has 2 aliphatic heterocycles.